The Balaban J connectivity index is 2.42. The van der Waals surface area contributed by atoms with Crippen LogP contribution in [0.3, 0.4) is 0 Å². The molecule has 0 heterocycles. The third-order valence-corrected chi connectivity index (χ3v) is 3.71. The third-order valence-electron chi connectivity index (χ3n) is 2.93. The SMILES string of the molecule is COC(C)C1(C)CC1CBr. The highest BCUT2D eigenvalue weighted by atomic mass is 79.9. The summed E-state index contributed by atoms with van der Waals surface area (Å²) in [6, 6.07) is 0. The summed E-state index contributed by atoms with van der Waals surface area (Å²) in [5.74, 6) is 0.836. The van der Waals surface area contributed by atoms with Gasteiger partial charge in [-0.15, -0.1) is 0 Å². The first-order valence-electron chi connectivity index (χ1n) is 3.74. The smallest absolute Gasteiger partial charge is 0.0599 e. The van der Waals surface area contributed by atoms with Crippen LogP contribution in [0.5, 0.6) is 0 Å². The van der Waals surface area contributed by atoms with Gasteiger partial charge in [-0.05, 0) is 24.7 Å². The first-order valence-corrected chi connectivity index (χ1v) is 4.86. The van der Waals surface area contributed by atoms with Gasteiger partial charge in [-0.25, -0.2) is 0 Å². The minimum absolute atomic E-state index is 0.412. The number of hydrogen-bond acceptors (Lipinski definition) is 1. The molecular weight excluding hydrogens is 192 g/mol. The number of hydrogen-bond donors (Lipinski definition) is 0. The van der Waals surface area contributed by atoms with Gasteiger partial charge in [-0.1, -0.05) is 22.9 Å². The largest absolute Gasteiger partial charge is 0.381 e. The van der Waals surface area contributed by atoms with E-state index in [2.05, 4.69) is 29.8 Å². The van der Waals surface area contributed by atoms with Crippen molar-refractivity contribution in [3.05, 3.63) is 0 Å². The summed E-state index contributed by atoms with van der Waals surface area (Å²) in [6.45, 7) is 4.45. The van der Waals surface area contributed by atoms with Crippen LogP contribution >= 0.6 is 15.9 Å². The van der Waals surface area contributed by atoms with E-state index >= 15 is 0 Å². The quantitative estimate of drug-likeness (QED) is 0.646. The van der Waals surface area contributed by atoms with Crippen LogP contribution in [0.1, 0.15) is 20.3 Å². The fourth-order valence-corrected chi connectivity index (χ4v) is 2.44. The van der Waals surface area contributed by atoms with E-state index in [1.165, 1.54) is 6.42 Å². The molecule has 0 aromatic carbocycles. The second kappa shape index (κ2) is 2.82. The number of rotatable bonds is 3. The molecule has 1 saturated carbocycles. The zero-order valence-electron chi connectivity index (χ0n) is 6.86. The topological polar surface area (TPSA) is 9.23 Å². The van der Waals surface area contributed by atoms with Crippen LogP contribution in [0.15, 0.2) is 0 Å². The lowest BCUT2D eigenvalue weighted by molar-refractivity contribution is 0.0568. The molecule has 3 atom stereocenters. The Morgan fingerprint density at radius 2 is 2.40 bits per heavy atom. The normalized spacial score (nSPS) is 41.4. The molecule has 0 aromatic rings. The van der Waals surface area contributed by atoms with Crippen LogP contribution in [0, 0.1) is 11.3 Å². The van der Waals surface area contributed by atoms with Crippen molar-refractivity contribution < 1.29 is 4.74 Å². The van der Waals surface area contributed by atoms with Crippen molar-refractivity contribution >= 4 is 15.9 Å². The summed E-state index contributed by atoms with van der Waals surface area (Å²) >= 11 is 3.49. The van der Waals surface area contributed by atoms with Crippen LogP contribution in [0.2, 0.25) is 0 Å². The fourth-order valence-electron chi connectivity index (χ4n) is 1.47. The average Bonchev–Trinajstić information content (AvgIpc) is 2.61. The first-order chi connectivity index (χ1) is 4.65. The molecule has 2 heteroatoms. The molecule has 10 heavy (non-hydrogen) atoms. The van der Waals surface area contributed by atoms with E-state index in [-0.39, 0.29) is 0 Å². The summed E-state index contributed by atoms with van der Waals surface area (Å²) in [5, 5.41) is 1.12. The van der Waals surface area contributed by atoms with E-state index < -0.39 is 0 Å². The molecule has 1 aliphatic carbocycles. The van der Waals surface area contributed by atoms with Crippen molar-refractivity contribution in [2.24, 2.45) is 11.3 Å². The second-order valence-corrected chi connectivity index (χ2v) is 4.09. The molecule has 0 aromatic heterocycles. The van der Waals surface area contributed by atoms with Gasteiger partial charge in [-0.2, -0.15) is 0 Å². The van der Waals surface area contributed by atoms with Crippen molar-refractivity contribution in [1.29, 1.82) is 0 Å². The minimum Gasteiger partial charge on any atom is -0.381 e. The van der Waals surface area contributed by atoms with Crippen LogP contribution in [0.25, 0.3) is 0 Å². The zero-order chi connectivity index (χ0) is 7.78. The van der Waals surface area contributed by atoms with E-state index in [1.54, 1.807) is 7.11 Å². The van der Waals surface area contributed by atoms with Crippen LogP contribution in [-0.2, 0) is 4.74 Å². The van der Waals surface area contributed by atoms with Crippen molar-refractivity contribution in [3.63, 3.8) is 0 Å². The summed E-state index contributed by atoms with van der Waals surface area (Å²) in [6.07, 6.45) is 1.72. The first kappa shape index (κ1) is 8.54. The summed E-state index contributed by atoms with van der Waals surface area (Å²) in [5.41, 5.74) is 0.457. The molecule has 1 nitrogen and oxygen atoms in total. The predicted molar refractivity (Wildman–Crippen MR) is 46.5 cm³/mol. The van der Waals surface area contributed by atoms with E-state index in [0.717, 1.165) is 11.2 Å². The molecule has 60 valence electrons. The Hall–Kier alpha value is 0.440. The van der Waals surface area contributed by atoms with Crippen LogP contribution < -0.4 is 0 Å². The Morgan fingerprint density at radius 3 is 2.70 bits per heavy atom. The van der Waals surface area contributed by atoms with Crippen molar-refractivity contribution in [2.75, 3.05) is 12.4 Å². The Morgan fingerprint density at radius 1 is 1.80 bits per heavy atom. The van der Waals surface area contributed by atoms with Crippen molar-refractivity contribution in [2.45, 2.75) is 26.4 Å². The highest BCUT2D eigenvalue weighted by Crippen LogP contribution is 2.56. The molecule has 0 bridgehead atoms. The third kappa shape index (κ3) is 1.24. The minimum atomic E-state index is 0.412. The number of ether oxygens (including phenoxy) is 1. The fraction of sp³-hybridized carbons (Fsp3) is 1.00. The summed E-state index contributed by atoms with van der Waals surface area (Å²) in [4.78, 5) is 0. The molecule has 0 spiro atoms. The van der Waals surface area contributed by atoms with E-state index in [4.69, 9.17) is 4.74 Å². The van der Waals surface area contributed by atoms with Gasteiger partial charge in [0.2, 0.25) is 0 Å². The number of alkyl halides is 1. The van der Waals surface area contributed by atoms with Crippen molar-refractivity contribution in [1.82, 2.24) is 0 Å². The molecule has 1 rings (SSSR count). The maximum atomic E-state index is 5.29. The highest BCUT2D eigenvalue weighted by molar-refractivity contribution is 9.09. The molecule has 0 radical (unpaired) electrons. The summed E-state index contributed by atoms with van der Waals surface area (Å²) < 4.78 is 5.29. The van der Waals surface area contributed by atoms with Crippen LogP contribution in [0.4, 0.5) is 0 Å². The predicted octanol–water partition coefficient (Wildman–Crippen LogP) is 2.44. The number of halogens is 1. The molecule has 1 fully saturated rings. The van der Waals surface area contributed by atoms with Gasteiger partial charge in [0, 0.05) is 12.4 Å². The lowest BCUT2D eigenvalue weighted by Crippen LogP contribution is -2.19. The monoisotopic (exact) mass is 206 g/mol. The zero-order valence-corrected chi connectivity index (χ0v) is 8.44. The molecule has 0 N–H and O–H groups in total. The maximum absolute atomic E-state index is 5.29. The lowest BCUT2D eigenvalue weighted by Gasteiger charge is -2.18. The van der Waals surface area contributed by atoms with Gasteiger partial charge >= 0.3 is 0 Å². The summed E-state index contributed by atoms with van der Waals surface area (Å²) in [7, 11) is 1.79. The van der Waals surface area contributed by atoms with Crippen molar-refractivity contribution in [3.8, 4) is 0 Å². The Bertz CT molecular complexity index is 126. The highest BCUT2D eigenvalue weighted by Gasteiger charge is 2.52. The van der Waals surface area contributed by atoms with Gasteiger partial charge in [0.1, 0.15) is 0 Å². The van der Waals surface area contributed by atoms with E-state index in [1.807, 2.05) is 0 Å². The Kier molecular flexibility index (Phi) is 2.41. The van der Waals surface area contributed by atoms with Gasteiger partial charge in [-0.3, -0.25) is 0 Å². The van der Waals surface area contributed by atoms with E-state index in [9.17, 15) is 0 Å². The van der Waals surface area contributed by atoms with E-state index in [0.29, 0.717) is 11.5 Å². The van der Waals surface area contributed by atoms with Crippen LogP contribution in [-0.4, -0.2) is 18.5 Å². The Labute approximate surface area is 71.3 Å². The van der Waals surface area contributed by atoms with Gasteiger partial charge < -0.3 is 4.74 Å². The molecular formula is C8H15BrO. The molecule has 0 saturated heterocycles. The number of methoxy groups -OCH3 is 1. The standard InChI is InChI=1S/C8H15BrO/c1-6(10-3)8(2)4-7(8)5-9/h6-7H,4-5H2,1-3H3. The maximum Gasteiger partial charge on any atom is 0.0599 e. The van der Waals surface area contributed by atoms with Gasteiger partial charge in [0.15, 0.2) is 0 Å². The molecule has 0 amide bonds. The van der Waals surface area contributed by atoms with Gasteiger partial charge in [0.25, 0.3) is 0 Å². The lowest BCUT2D eigenvalue weighted by atomic mass is 10.0. The molecule has 1 aliphatic rings. The second-order valence-electron chi connectivity index (χ2n) is 3.44. The van der Waals surface area contributed by atoms with Gasteiger partial charge in [0.05, 0.1) is 6.10 Å². The average molecular weight is 207 g/mol. The molecule has 0 aliphatic heterocycles. The molecule has 3 unspecified atom stereocenters.